The van der Waals surface area contributed by atoms with Crippen LogP contribution in [0.25, 0.3) is 6.08 Å². The van der Waals surface area contributed by atoms with Crippen molar-refractivity contribution in [3.8, 4) is 0 Å². The summed E-state index contributed by atoms with van der Waals surface area (Å²) < 4.78 is 0. The molecule has 1 N–H and O–H groups in total. The second kappa shape index (κ2) is 6.44. The minimum absolute atomic E-state index is 0.150. The molecular weight excluding hydrogens is 266 g/mol. The quantitative estimate of drug-likeness (QED) is 0.640. The summed E-state index contributed by atoms with van der Waals surface area (Å²) in [6.45, 7) is 4.02. The number of rotatable bonds is 3. The monoisotopic (exact) mass is 283 g/mol. The Morgan fingerprint density at radius 3 is 2.40 bits per heavy atom. The van der Waals surface area contributed by atoms with Crippen LogP contribution in [-0.2, 0) is 4.79 Å². The van der Waals surface area contributed by atoms with Crippen molar-refractivity contribution in [2.24, 2.45) is 0 Å². The van der Waals surface area contributed by atoms with Gasteiger partial charge in [0, 0.05) is 16.7 Å². The van der Waals surface area contributed by atoms with E-state index in [1.54, 1.807) is 6.08 Å². The van der Waals surface area contributed by atoms with E-state index in [2.05, 4.69) is 17.9 Å². The summed E-state index contributed by atoms with van der Waals surface area (Å²) >= 11 is 4.38. The van der Waals surface area contributed by atoms with Crippen molar-refractivity contribution in [3.05, 3.63) is 65.2 Å². The number of benzene rings is 2. The maximum atomic E-state index is 11.8. The van der Waals surface area contributed by atoms with Crippen molar-refractivity contribution in [3.63, 3.8) is 0 Å². The van der Waals surface area contributed by atoms with Crippen molar-refractivity contribution in [1.82, 2.24) is 0 Å². The molecule has 0 fully saturated rings. The molecule has 0 spiro atoms. The van der Waals surface area contributed by atoms with Gasteiger partial charge in [-0.15, -0.1) is 12.6 Å². The van der Waals surface area contributed by atoms with E-state index in [1.165, 1.54) is 6.08 Å². The summed E-state index contributed by atoms with van der Waals surface area (Å²) in [6.07, 6.45) is 3.30. The number of hydrogen-bond donors (Lipinski definition) is 2. The molecule has 0 saturated carbocycles. The Bertz CT molecular complexity index is 645. The Hall–Kier alpha value is -2.00. The minimum Gasteiger partial charge on any atom is -0.323 e. The summed E-state index contributed by atoms with van der Waals surface area (Å²) in [5.74, 6) is -0.150. The molecule has 2 rings (SSSR count). The predicted molar refractivity (Wildman–Crippen MR) is 87.3 cm³/mol. The fourth-order valence-corrected chi connectivity index (χ4v) is 2.01. The van der Waals surface area contributed by atoms with Crippen LogP contribution in [-0.4, -0.2) is 5.91 Å². The first-order chi connectivity index (χ1) is 9.54. The molecule has 102 valence electrons. The zero-order valence-corrected chi connectivity index (χ0v) is 12.4. The molecule has 0 radical (unpaired) electrons. The van der Waals surface area contributed by atoms with E-state index in [9.17, 15) is 4.79 Å². The van der Waals surface area contributed by atoms with Crippen LogP contribution in [0.15, 0.2) is 53.4 Å². The van der Waals surface area contributed by atoms with Crippen LogP contribution >= 0.6 is 12.6 Å². The molecule has 0 aromatic heterocycles. The summed E-state index contributed by atoms with van der Waals surface area (Å²) in [5.41, 5.74) is 4.03. The van der Waals surface area contributed by atoms with Gasteiger partial charge in [-0.25, -0.2) is 0 Å². The molecule has 20 heavy (non-hydrogen) atoms. The van der Waals surface area contributed by atoms with Gasteiger partial charge in [0.05, 0.1) is 0 Å². The van der Waals surface area contributed by atoms with Gasteiger partial charge in [-0.3, -0.25) is 4.79 Å². The summed E-state index contributed by atoms with van der Waals surface area (Å²) in [7, 11) is 0. The van der Waals surface area contributed by atoms with E-state index in [0.717, 1.165) is 27.3 Å². The fourth-order valence-electron chi connectivity index (χ4n) is 1.79. The highest BCUT2D eigenvalue weighted by Gasteiger charge is 1.99. The molecule has 0 saturated heterocycles. The van der Waals surface area contributed by atoms with Gasteiger partial charge in [0.2, 0.25) is 5.91 Å². The van der Waals surface area contributed by atoms with Gasteiger partial charge in [0.25, 0.3) is 0 Å². The second-order valence-electron chi connectivity index (χ2n) is 4.75. The Labute approximate surface area is 124 Å². The first-order valence-electron chi connectivity index (χ1n) is 6.40. The molecule has 3 heteroatoms. The van der Waals surface area contributed by atoms with Crippen molar-refractivity contribution in [2.45, 2.75) is 18.7 Å². The molecule has 0 aliphatic heterocycles. The molecule has 0 aliphatic carbocycles. The molecule has 2 nitrogen and oxygen atoms in total. The van der Waals surface area contributed by atoms with Crippen molar-refractivity contribution in [2.75, 3.05) is 5.32 Å². The largest absolute Gasteiger partial charge is 0.323 e. The van der Waals surface area contributed by atoms with Crippen LogP contribution in [0.3, 0.4) is 0 Å². The van der Waals surface area contributed by atoms with Crippen LogP contribution in [0, 0.1) is 13.8 Å². The highest BCUT2D eigenvalue weighted by Crippen LogP contribution is 2.17. The van der Waals surface area contributed by atoms with Gasteiger partial charge in [0.1, 0.15) is 0 Å². The molecule has 0 unspecified atom stereocenters. The van der Waals surface area contributed by atoms with Crippen LogP contribution in [0.4, 0.5) is 5.69 Å². The van der Waals surface area contributed by atoms with E-state index in [1.807, 2.05) is 56.3 Å². The number of anilines is 1. The van der Waals surface area contributed by atoms with Gasteiger partial charge in [-0.2, -0.15) is 0 Å². The van der Waals surface area contributed by atoms with E-state index in [4.69, 9.17) is 0 Å². The standard InChI is InChI=1S/C17H17NOS/c1-12-3-7-15(8-4-12)18-17(19)10-6-14-11-13(2)5-9-16(14)20/h3-11,20H,1-2H3,(H,18,19)/b10-6+. The number of carbonyl (C=O) groups excluding carboxylic acids is 1. The Morgan fingerprint density at radius 2 is 1.70 bits per heavy atom. The second-order valence-corrected chi connectivity index (χ2v) is 5.23. The third-order valence-electron chi connectivity index (χ3n) is 2.92. The number of amides is 1. The number of hydrogen-bond acceptors (Lipinski definition) is 2. The lowest BCUT2D eigenvalue weighted by molar-refractivity contribution is -0.111. The normalized spacial score (nSPS) is 10.8. The molecule has 0 aliphatic rings. The summed E-state index contributed by atoms with van der Waals surface area (Å²) in [5, 5.41) is 2.82. The predicted octanol–water partition coefficient (Wildman–Crippen LogP) is 4.24. The smallest absolute Gasteiger partial charge is 0.248 e. The van der Waals surface area contributed by atoms with Gasteiger partial charge in [-0.1, -0.05) is 35.4 Å². The maximum absolute atomic E-state index is 11.8. The molecule has 2 aromatic rings. The van der Waals surface area contributed by atoms with Gasteiger partial charge >= 0.3 is 0 Å². The molecular formula is C17H17NOS. The lowest BCUT2D eigenvalue weighted by Crippen LogP contribution is -2.07. The summed E-state index contributed by atoms with van der Waals surface area (Å²) in [4.78, 5) is 12.7. The highest BCUT2D eigenvalue weighted by molar-refractivity contribution is 7.80. The Balaban J connectivity index is 2.05. The lowest BCUT2D eigenvalue weighted by Gasteiger charge is -2.03. The SMILES string of the molecule is Cc1ccc(NC(=O)/C=C/c2cc(C)ccc2S)cc1. The Morgan fingerprint density at radius 1 is 1.05 bits per heavy atom. The van der Waals surface area contributed by atoms with Gasteiger partial charge in [-0.05, 0) is 43.7 Å². The number of aryl methyl sites for hydroxylation is 2. The fraction of sp³-hybridized carbons (Fsp3) is 0.118. The zero-order chi connectivity index (χ0) is 14.5. The molecule has 1 amide bonds. The van der Waals surface area contributed by atoms with Crippen molar-refractivity contribution >= 4 is 30.3 Å². The van der Waals surface area contributed by atoms with Crippen molar-refractivity contribution < 1.29 is 4.79 Å². The maximum Gasteiger partial charge on any atom is 0.248 e. The van der Waals surface area contributed by atoms with E-state index in [-0.39, 0.29) is 5.91 Å². The third kappa shape index (κ3) is 4.00. The highest BCUT2D eigenvalue weighted by atomic mass is 32.1. The summed E-state index contributed by atoms with van der Waals surface area (Å²) in [6, 6.07) is 13.6. The number of carbonyl (C=O) groups is 1. The molecule has 2 aromatic carbocycles. The van der Waals surface area contributed by atoms with Crippen molar-refractivity contribution in [1.29, 1.82) is 0 Å². The van der Waals surface area contributed by atoms with Gasteiger partial charge in [0.15, 0.2) is 0 Å². The topological polar surface area (TPSA) is 29.1 Å². The molecule has 0 atom stereocenters. The number of nitrogens with one attached hydrogen (secondary N) is 1. The first-order valence-corrected chi connectivity index (χ1v) is 6.85. The van der Waals surface area contributed by atoms with Gasteiger partial charge < -0.3 is 5.32 Å². The minimum atomic E-state index is -0.150. The third-order valence-corrected chi connectivity index (χ3v) is 3.32. The van der Waals surface area contributed by atoms with Crippen LogP contribution in [0.5, 0.6) is 0 Å². The Kier molecular flexibility index (Phi) is 4.64. The van der Waals surface area contributed by atoms with E-state index in [0.29, 0.717) is 0 Å². The number of thiol groups is 1. The van der Waals surface area contributed by atoms with Crippen LogP contribution < -0.4 is 5.32 Å². The zero-order valence-electron chi connectivity index (χ0n) is 11.6. The van der Waals surface area contributed by atoms with Crippen LogP contribution in [0.2, 0.25) is 0 Å². The van der Waals surface area contributed by atoms with Crippen LogP contribution in [0.1, 0.15) is 16.7 Å². The molecule has 0 heterocycles. The average Bonchev–Trinajstić information content (AvgIpc) is 2.42. The van der Waals surface area contributed by atoms with E-state index < -0.39 is 0 Å². The van der Waals surface area contributed by atoms with E-state index >= 15 is 0 Å². The lowest BCUT2D eigenvalue weighted by atomic mass is 10.1. The molecule has 0 bridgehead atoms. The average molecular weight is 283 g/mol. The first kappa shape index (κ1) is 14.4.